The summed E-state index contributed by atoms with van der Waals surface area (Å²) in [4.78, 5) is 59.2. The minimum Gasteiger partial charge on any atom is -0.463 e. The first-order valence-electron chi connectivity index (χ1n) is 13.3. The molecular weight excluding hydrogens is 540 g/mol. The zero-order valence-corrected chi connectivity index (χ0v) is 24.9. The maximum Gasteiger partial charge on any atom is 0.333 e. The van der Waals surface area contributed by atoms with Gasteiger partial charge in [0.05, 0.1) is 6.61 Å². The molecule has 0 spiro atoms. The fraction of sp³-hybridized carbons (Fsp3) is 0.621. The Labute approximate surface area is 240 Å². The van der Waals surface area contributed by atoms with Crippen molar-refractivity contribution in [1.29, 1.82) is 0 Å². The minimum absolute atomic E-state index is 0.102. The normalized spacial score (nSPS) is 22.8. The number of carbonyl (C=O) groups is 5. The van der Waals surface area contributed by atoms with E-state index in [4.69, 9.17) is 33.2 Å². The van der Waals surface area contributed by atoms with Gasteiger partial charge in [-0.05, 0) is 45.6 Å². The molecule has 5 atom stereocenters. The number of esters is 5. The molecule has 0 bridgehead atoms. The lowest BCUT2D eigenvalue weighted by atomic mass is 9.98. The van der Waals surface area contributed by atoms with Gasteiger partial charge in [-0.3, -0.25) is 19.2 Å². The molecule has 1 saturated heterocycles. The van der Waals surface area contributed by atoms with E-state index in [1.165, 1.54) is 26.8 Å². The van der Waals surface area contributed by atoms with Crippen LogP contribution in [0.1, 0.15) is 67.7 Å². The van der Waals surface area contributed by atoms with Crippen LogP contribution in [0.15, 0.2) is 35.5 Å². The second-order valence-electron chi connectivity index (χ2n) is 9.58. The lowest BCUT2D eigenvalue weighted by Crippen LogP contribution is -2.63. The second-order valence-corrected chi connectivity index (χ2v) is 9.58. The Balaban J connectivity index is 3.09. The molecule has 0 aromatic heterocycles. The lowest BCUT2D eigenvalue weighted by molar-refractivity contribution is -0.307. The molecule has 0 unspecified atom stereocenters. The molecule has 0 amide bonds. The van der Waals surface area contributed by atoms with E-state index in [1.54, 1.807) is 6.92 Å². The van der Waals surface area contributed by atoms with E-state index in [-0.39, 0.29) is 31.4 Å². The molecule has 0 N–H and O–H groups in total. The summed E-state index contributed by atoms with van der Waals surface area (Å²) in [5.41, 5.74) is 2.04. The summed E-state index contributed by atoms with van der Waals surface area (Å²) in [5.74, 6) is -3.12. The van der Waals surface area contributed by atoms with Crippen LogP contribution in [0, 0.1) is 0 Å². The van der Waals surface area contributed by atoms with Gasteiger partial charge in [0.2, 0.25) is 0 Å². The highest BCUT2D eigenvalue weighted by atomic mass is 16.7. The first-order valence-corrected chi connectivity index (χ1v) is 13.3. The van der Waals surface area contributed by atoms with Crippen LogP contribution in [0.25, 0.3) is 0 Å². The van der Waals surface area contributed by atoms with Crippen LogP contribution in [0.4, 0.5) is 0 Å². The van der Waals surface area contributed by atoms with Crippen molar-refractivity contribution >= 4 is 29.8 Å². The molecule has 1 rings (SSSR count). The van der Waals surface area contributed by atoms with Gasteiger partial charge in [-0.25, -0.2) is 4.79 Å². The third-order valence-electron chi connectivity index (χ3n) is 5.88. The van der Waals surface area contributed by atoms with E-state index in [2.05, 4.69) is 6.58 Å². The molecule has 0 aromatic rings. The number of rotatable bonds is 15. The first-order chi connectivity index (χ1) is 19.2. The van der Waals surface area contributed by atoms with Gasteiger partial charge in [-0.2, -0.15) is 0 Å². The van der Waals surface area contributed by atoms with Gasteiger partial charge in [0.1, 0.15) is 19.3 Å². The summed E-state index contributed by atoms with van der Waals surface area (Å²) in [6.45, 7) is 13.9. The van der Waals surface area contributed by atoms with E-state index in [0.29, 0.717) is 19.3 Å². The largest absolute Gasteiger partial charge is 0.463 e. The Bertz CT molecular complexity index is 1010. The number of allylic oxidation sites excluding steroid dienone is 2. The molecular formula is C29H42O12. The number of ether oxygens (including phenoxy) is 7. The fourth-order valence-electron chi connectivity index (χ4n) is 3.71. The predicted molar refractivity (Wildman–Crippen MR) is 145 cm³/mol. The fourth-order valence-corrected chi connectivity index (χ4v) is 3.71. The zero-order valence-electron chi connectivity index (χ0n) is 24.9. The Morgan fingerprint density at radius 1 is 0.780 bits per heavy atom. The standard InChI is InChI=1S/C29H42O12/c1-9-19(4)28(34)41-26-25(38-22(7)32)24(16-37-21(6)31)40-29(27(26)39-23(8)33)35-14-13-17(2)11-10-12-18(3)15-36-20(5)30/h9,12,24-27,29H,2,10-11,13-16H2,1,3-8H3/b18-12-,19-9-/t24-,25-,26+,27-,29-/m1/s1. The van der Waals surface area contributed by atoms with Crippen molar-refractivity contribution < 1.29 is 57.1 Å². The minimum atomic E-state index is -1.34. The second kappa shape index (κ2) is 18.0. The van der Waals surface area contributed by atoms with E-state index < -0.39 is 54.6 Å². The van der Waals surface area contributed by atoms with Gasteiger partial charge in [0.25, 0.3) is 0 Å². The monoisotopic (exact) mass is 582 g/mol. The van der Waals surface area contributed by atoms with Gasteiger partial charge in [-0.15, -0.1) is 0 Å². The molecule has 0 radical (unpaired) electrons. The van der Waals surface area contributed by atoms with Crippen molar-refractivity contribution in [3.8, 4) is 0 Å². The van der Waals surface area contributed by atoms with Crippen LogP contribution >= 0.6 is 0 Å². The third kappa shape index (κ3) is 13.6. The van der Waals surface area contributed by atoms with Crippen LogP contribution in [-0.4, -0.2) is 80.4 Å². The Morgan fingerprint density at radius 3 is 1.95 bits per heavy atom. The quantitative estimate of drug-likeness (QED) is 0.121. The van der Waals surface area contributed by atoms with Crippen LogP contribution in [-0.2, 0) is 57.1 Å². The molecule has 41 heavy (non-hydrogen) atoms. The van der Waals surface area contributed by atoms with Crippen molar-refractivity contribution in [3.05, 3.63) is 35.5 Å². The Morgan fingerprint density at radius 2 is 1.39 bits per heavy atom. The van der Waals surface area contributed by atoms with E-state index >= 15 is 0 Å². The van der Waals surface area contributed by atoms with E-state index in [9.17, 15) is 24.0 Å². The highest BCUT2D eigenvalue weighted by molar-refractivity contribution is 5.87. The smallest absolute Gasteiger partial charge is 0.333 e. The first kappa shape index (κ1) is 35.5. The SMILES string of the molecule is C=C(CC/C=C(/C)COC(C)=O)CCO[C@@H]1O[C@H](COC(C)=O)[C@@H](OC(C)=O)[C@H](OC(=O)/C(C)=C\C)[C@H]1OC(C)=O. The van der Waals surface area contributed by atoms with Crippen molar-refractivity contribution in [3.63, 3.8) is 0 Å². The van der Waals surface area contributed by atoms with Crippen LogP contribution in [0.3, 0.4) is 0 Å². The maximum atomic E-state index is 12.7. The molecule has 0 saturated carbocycles. The topological polar surface area (TPSA) is 150 Å². The third-order valence-corrected chi connectivity index (χ3v) is 5.88. The lowest BCUT2D eigenvalue weighted by Gasteiger charge is -2.44. The van der Waals surface area contributed by atoms with E-state index in [0.717, 1.165) is 25.0 Å². The van der Waals surface area contributed by atoms with Crippen LogP contribution in [0.5, 0.6) is 0 Å². The predicted octanol–water partition coefficient (Wildman–Crippen LogP) is 3.27. The molecule has 1 heterocycles. The average Bonchev–Trinajstić information content (AvgIpc) is 2.88. The summed E-state index contributed by atoms with van der Waals surface area (Å²) in [5, 5.41) is 0. The average molecular weight is 583 g/mol. The molecule has 230 valence electrons. The molecule has 1 aliphatic heterocycles. The summed E-state index contributed by atoms with van der Waals surface area (Å²) in [6.07, 6.45) is -1.04. The Kier molecular flexibility index (Phi) is 15.6. The molecule has 1 aliphatic rings. The molecule has 12 heteroatoms. The van der Waals surface area contributed by atoms with Crippen molar-refractivity contribution in [2.75, 3.05) is 19.8 Å². The van der Waals surface area contributed by atoms with Crippen LogP contribution in [0.2, 0.25) is 0 Å². The summed E-state index contributed by atoms with van der Waals surface area (Å²) < 4.78 is 38.5. The van der Waals surface area contributed by atoms with Gasteiger partial charge in [0.15, 0.2) is 24.6 Å². The van der Waals surface area contributed by atoms with Crippen molar-refractivity contribution in [2.24, 2.45) is 0 Å². The number of carbonyl (C=O) groups excluding carboxylic acids is 5. The van der Waals surface area contributed by atoms with Gasteiger partial charge < -0.3 is 33.2 Å². The van der Waals surface area contributed by atoms with Crippen molar-refractivity contribution in [2.45, 2.75) is 98.4 Å². The highest BCUT2D eigenvalue weighted by Crippen LogP contribution is 2.30. The summed E-state index contributed by atoms with van der Waals surface area (Å²) >= 11 is 0. The number of hydrogen-bond donors (Lipinski definition) is 0. The molecule has 12 nitrogen and oxygen atoms in total. The summed E-state index contributed by atoms with van der Waals surface area (Å²) in [6, 6.07) is 0. The van der Waals surface area contributed by atoms with E-state index in [1.807, 2.05) is 13.0 Å². The summed E-state index contributed by atoms with van der Waals surface area (Å²) in [7, 11) is 0. The Hall–Kier alpha value is -3.51. The number of hydrogen-bond acceptors (Lipinski definition) is 12. The highest BCUT2D eigenvalue weighted by Gasteiger charge is 2.53. The zero-order chi connectivity index (χ0) is 31.1. The van der Waals surface area contributed by atoms with Gasteiger partial charge >= 0.3 is 29.8 Å². The van der Waals surface area contributed by atoms with Gasteiger partial charge in [-0.1, -0.05) is 24.3 Å². The molecule has 0 aromatic carbocycles. The van der Waals surface area contributed by atoms with Crippen molar-refractivity contribution in [1.82, 2.24) is 0 Å². The van der Waals surface area contributed by atoms with Crippen LogP contribution < -0.4 is 0 Å². The van der Waals surface area contributed by atoms with Gasteiger partial charge in [0, 0.05) is 33.3 Å². The maximum absolute atomic E-state index is 12.7. The molecule has 0 aliphatic carbocycles. The molecule has 1 fully saturated rings.